The van der Waals surface area contributed by atoms with E-state index in [2.05, 4.69) is 15.0 Å². The van der Waals surface area contributed by atoms with E-state index in [4.69, 9.17) is 0 Å². The number of aromatic amines is 1. The van der Waals surface area contributed by atoms with E-state index in [0.29, 0.717) is 17.7 Å². The second-order valence-corrected chi connectivity index (χ2v) is 5.78. The Morgan fingerprint density at radius 2 is 1.88 bits per heavy atom. The van der Waals surface area contributed by atoms with Crippen molar-refractivity contribution in [2.45, 2.75) is 0 Å². The van der Waals surface area contributed by atoms with Crippen molar-refractivity contribution >= 4 is 6.21 Å². The Labute approximate surface area is 142 Å². The van der Waals surface area contributed by atoms with Crippen LogP contribution in [0.25, 0.3) is 5.69 Å². The minimum absolute atomic E-state index is 0.157. The van der Waals surface area contributed by atoms with E-state index in [-0.39, 0.29) is 11.3 Å². The molecule has 2 heterocycles. The minimum atomic E-state index is -0.927. The average Bonchev–Trinajstić information content (AvgIpc) is 2.57. The van der Waals surface area contributed by atoms with Gasteiger partial charge < -0.3 is 10.0 Å². The van der Waals surface area contributed by atoms with Crippen LogP contribution in [0.2, 0.25) is 0 Å². The van der Waals surface area contributed by atoms with E-state index in [9.17, 15) is 19.1 Å². The molecule has 0 radical (unpaired) electrons. The van der Waals surface area contributed by atoms with Gasteiger partial charge in [0.05, 0.1) is 11.9 Å². The first kappa shape index (κ1) is 16.9. The molecule has 0 aliphatic carbocycles. The van der Waals surface area contributed by atoms with Crippen molar-refractivity contribution in [3.05, 3.63) is 56.5 Å². The lowest BCUT2D eigenvalue weighted by Gasteiger charge is -2.30. The van der Waals surface area contributed by atoms with Crippen LogP contribution in [0.15, 0.2) is 39.0 Å². The first-order valence-corrected chi connectivity index (χ1v) is 7.78. The second kappa shape index (κ2) is 6.89. The Kier molecular flexibility index (Phi) is 4.66. The average molecular weight is 347 g/mol. The Morgan fingerprint density at radius 3 is 2.56 bits per heavy atom. The number of hydrogen-bond acceptors (Lipinski definition) is 6. The SMILES string of the molecule is CN1CCN(/N=C/c2c(O)n(-c3ccccc3F)c(=O)[nH]c2=O)CC1. The summed E-state index contributed by atoms with van der Waals surface area (Å²) < 4.78 is 14.7. The lowest BCUT2D eigenvalue weighted by atomic mass is 10.2. The molecule has 0 bridgehead atoms. The van der Waals surface area contributed by atoms with Crippen molar-refractivity contribution in [2.75, 3.05) is 33.2 Å². The second-order valence-electron chi connectivity index (χ2n) is 5.78. The van der Waals surface area contributed by atoms with Crippen LogP contribution in [-0.4, -0.2) is 64.0 Å². The predicted octanol–water partition coefficient (Wildman–Crippen LogP) is -0.0482. The highest BCUT2D eigenvalue weighted by Crippen LogP contribution is 2.18. The van der Waals surface area contributed by atoms with Crippen LogP contribution in [0.4, 0.5) is 4.39 Å². The molecular formula is C16H18FN5O3. The van der Waals surface area contributed by atoms with E-state index in [1.54, 1.807) is 5.01 Å². The third kappa shape index (κ3) is 3.45. The molecule has 25 heavy (non-hydrogen) atoms. The molecule has 1 aromatic carbocycles. The van der Waals surface area contributed by atoms with E-state index in [1.165, 1.54) is 24.4 Å². The predicted molar refractivity (Wildman–Crippen MR) is 90.9 cm³/mol. The van der Waals surface area contributed by atoms with Gasteiger partial charge in [-0.05, 0) is 19.2 Å². The zero-order valence-electron chi connectivity index (χ0n) is 13.6. The normalized spacial score (nSPS) is 15.8. The molecule has 3 rings (SSSR count). The summed E-state index contributed by atoms with van der Waals surface area (Å²) in [7, 11) is 2.00. The highest BCUT2D eigenvalue weighted by Gasteiger charge is 2.17. The van der Waals surface area contributed by atoms with E-state index < -0.39 is 22.9 Å². The molecule has 1 aliphatic rings. The van der Waals surface area contributed by atoms with Gasteiger partial charge in [0.2, 0.25) is 5.88 Å². The Bertz CT molecular complexity index is 913. The number of nitrogens with zero attached hydrogens (tertiary/aromatic N) is 4. The highest BCUT2D eigenvalue weighted by molar-refractivity contribution is 5.82. The van der Waals surface area contributed by atoms with Crippen molar-refractivity contribution < 1.29 is 9.50 Å². The van der Waals surface area contributed by atoms with Gasteiger partial charge in [0.15, 0.2) is 0 Å². The van der Waals surface area contributed by atoms with Gasteiger partial charge in [-0.25, -0.2) is 13.8 Å². The van der Waals surface area contributed by atoms with Crippen LogP contribution in [0.3, 0.4) is 0 Å². The summed E-state index contributed by atoms with van der Waals surface area (Å²) in [5.74, 6) is -1.36. The summed E-state index contributed by atoms with van der Waals surface area (Å²) in [6, 6.07) is 5.47. The number of benzene rings is 1. The van der Waals surface area contributed by atoms with Crippen LogP contribution < -0.4 is 11.2 Å². The number of piperazine rings is 1. The molecule has 2 N–H and O–H groups in total. The topological polar surface area (TPSA) is 93.9 Å². The number of H-pyrrole nitrogens is 1. The molecule has 0 atom stereocenters. The number of para-hydroxylation sites is 1. The molecule has 0 unspecified atom stereocenters. The number of likely N-dealkylation sites (N-methyl/N-ethyl adjacent to an activating group) is 1. The molecule has 8 nitrogen and oxygen atoms in total. The van der Waals surface area contributed by atoms with Gasteiger partial charge in [-0.2, -0.15) is 5.10 Å². The van der Waals surface area contributed by atoms with E-state index in [0.717, 1.165) is 19.2 Å². The van der Waals surface area contributed by atoms with Crippen molar-refractivity contribution in [3.8, 4) is 11.6 Å². The molecule has 132 valence electrons. The number of rotatable bonds is 3. The van der Waals surface area contributed by atoms with E-state index in [1.807, 2.05) is 7.05 Å². The monoisotopic (exact) mass is 347 g/mol. The van der Waals surface area contributed by atoms with Gasteiger partial charge in [0, 0.05) is 26.2 Å². The largest absolute Gasteiger partial charge is 0.493 e. The maximum absolute atomic E-state index is 14.0. The number of aromatic nitrogens is 2. The molecule has 1 aliphatic heterocycles. The van der Waals surface area contributed by atoms with Crippen LogP contribution in [0.5, 0.6) is 5.88 Å². The van der Waals surface area contributed by atoms with Crippen LogP contribution in [0, 0.1) is 5.82 Å². The molecular weight excluding hydrogens is 329 g/mol. The molecule has 2 aromatic rings. The zero-order valence-corrected chi connectivity index (χ0v) is 13.6. The molecule has 1 aromatic heterocycles. The third-order valence-corrected chi connectivity index (χ3v) is 4.04. The molecule has 1 fully saturated rings. The van der Waals surface area contributed by atoms with Crippen LogP contribution in [-0.2, 0) is 0 Å². The molecule has 1 saturated heterocycles. The van der Waals surface area contributed by atoms with Crippen molar-refractivity contribution in [1.29, 1.82) is 0 Å². The van der Waals surface area contributed by atoms with Crippen molar-refractivity contribution in [3.63, 3.8) is 0 Å². The van der Waals surface area contributed by atoms with Gasteiger partial charge in [-0.1, -0.05) is 12.1 Å². The Balaban J connectivity index is 2.01. The summed E-state index contributed by atoms with van der Waals surface area (Å²) in [5, 5.41) is 16.3. The standard InChI is InChI=1S/C16H18FN5O3/c1-20-6-8-21(9-7-20)18-10-11-14(23)19-16(25)22(15(11)24)13-5-3-2-4-12(13)17/h2-5,10,24H,6-9H2,1H3,(H,19,23,25)/b18-10+. The summed E-state index contributed by atoms with van der Waals surface area (Å²) in [6.45, 7) is 3.01. The van der Waals surface area contributed by atoms with Crippen LogP contribution in [0.1, 0.15) is 5.56 Å². The minimum Gasteiger partial charge on any atom is -0.493 e. The summed E-state index contributed by atoms with van der Waals surface area (Å²) in [4.78, 5) is 28.3. The maximum atomic E-state index is 14.0. The van der Waals surface area contributed by atoms with E-state index >= 15 is 0 Å². The number of aromatic hydroxyl groups is 1. The number of nitrogens with one attached hydrogen (secondary N) is 1. The van der Waals surface area contributed by atoms with Gasteiger partial charge >= 0.3 is 5.69 Å². The zero-order chi connectivity index (χ0) is 18.0. The quantitative estimate of drug-likeness (QED) is 0.760. The fraction of sp³-hybridized carbons (Fsp3) is 0.312. The molecule has 0 amide bonds. The Hall–Kier alpha value is -2.94. The van der Waals surface area contributed by atoms with Crippen LogP contribution >= 0.6 is 0 Å². The van der Waals surface area contributed by atoms with Crippen molar-refractivity contribution in [2.24, 2.45) is 5.10 Å². The van der Waals surface area contributed by atoms with Gasteiger partial charge in [0.25, 0.3) is 5.56 Å². The maximum Gasteiger partial charge on any atom is 0.335 e. The first-order valence-electron chi connectivity index (χ1n) is 7.78. The lowest BCUT2D eigenvalue weighted by Crippen LogP contribution is -2.42. The van der Waals surface area contributed by atoms with Crippen molar-refractivity contribution in [1.82, 2.24) is 19.5 Å². The lowest BCUT2D eigenvalue weighted by molar-refractivity contribution is 0.159. The number of hydrogen-bond donors (Lipinski definition) is 2. The summed E-state index contributed by atoms with van der Waals surface area (Å²) in [5.41, 5.74) is -2.07. The third-order valence-electron chi connectivity index (χ3n) is 4.04. The molecule has 0 spiro atoms. The first-order chi connectivity index (χ1) is 12.0. The van der Waals surface area contributed by atoms with Gasteiger partial charge in [0.1, 0.15) is 11.4 Å². The molecule has 0 saturated carbocycles. The highest BCUT2D eigenvalue weighted by atomic mass is 19.1. The fourth-order valence-corrected chi connectivity index (χ4v) is 2.56. The van der Waals surface area contributed by atoms with Gasteiger partial charge in [-0.3, -0.25) is 14.8 Å². The molecule has 9 heteroatoms. The smallest absolute Gasteiger partial charge is 0.335 e. The summed E-state index contributed by atoms with van der Waals surface area (Å²) >= 11 is 0. The Morgan fingerprint density at radius 1 is 1.20 bits per heavy atom. The number of halogens is 1. The number of hydrazone groups is 1. The van der Waals surface area contributed by atoms with Gasteiger partial charge in [-0.15, -0.1) is 0 Å². The summed E-state index contributed by atoms with van der Waals surface area (Å²) in [6.07, 6.45) is 1.19. The fourth-order valence-electron chi connectivity index (χ4n) is 2.56.